The minimum atomic E-state index is -0.593. The van der Waals surface area contributed by atoms with Crippen molar-refractivity contribution >= 4 is 16.6 Å². The van der Waals surface area contributed by atoms with E-state index in [1.165, 1.54) is 12.3 Å². The minimum absolute atomic E-state index is 0.0430. The number of aromatic amines is 1. The summed E-state index contributed by atoms with van der Waals surface area (Å²) < 4.78 is 30.9. The van der Waals surface area contributed by atoms with Crippen LogP contribution in [0.3, 0.4) is 0 Å². The zero-order valence-corrected chi connectivity index (χ0v) is 14.6. The van der Waals surface area contributed by atoms with E-state index in [2.05, 4.69) is 25.3 Å². The second-order valence-corrected chi connectivity index (χ2v) is 6.45. The van der Waals surface area contributed by atoms with Gasteiger partial charge in [0.1, 0.15) is 11.6 Å². The molecule has 4 aromatic heterocycles. The van der Waals surface area contributed by atoms with E-state index in [0.717, 1.165) is 17.0 Å². The molecule has 6 nitrogen and oxygen atoms in total. The molecule has 0 aliphatic rings. The molecule has 0 atom stereocenters. The molecule has 0 unspecified atom stereocenters. The van der Waals surface area contributed by atoms with Crippen LogP contribution in [0.1, 0.15) is 11.3 Å². The van der Waals surface area contributed by atoms with Crippen LogP contribution in [-0.4, -0.2) is 29.8 Å². The van der Waals surface area contributed by atoms with Crippen molar-refractivity contribution < 1.29 is 8.78 Å². The summed E-state index contributed by atoms with van der Waals surface area (Å²) in [7, 11) is 0. The monoisotopic (exact) mass is 376 g/mol. The Morgan fingerprint density at radius 2 is 1.96 bits per heavy atom. The van der Waals surface area contributed by atoms with E-state index >= 15 is 0 Å². The summed E-state index contributed by atoms with van der Waals surface area (Å²) in [6.45, 7) is 0. The first-order valence-corrected chi connectivity index (χ1v) is 8.75. The van der Waals surface area contributed by atoms with Gasteiger partial charge in [-0.15, -0.1) is 0 Å². The zero-order chi connectivity index (χ0) is 19.1. The van der Waals surface area contributed by atoms with Crippen LogP contribution < -0.4 is 0 Å². The number of hydrogen-bond acceptors (Lipinski definition) is 4. The van der Waals surface area contributed by atoms with Crippen LogP contribution in [0.4, 0.5) is 8.78 Å². The first-order valence-electron chi connectivity index (χ1n) is 8.75. The van der Waals surface area contributed by atoms with E-state index in [1.807, 2.05) is 12.1 Å². The average Bonchev–Trinajstić information content (AvgIpc) is 3.37. The number of imidazole rings is 1. The second-order valence-electron chi connectivity index (χ2n) is 6.45. The number of fused-ring (bicyclic) bond motifs is 2. The Morgan fingerprint density at radius 1 is 1.04 bits per heavy atom. The maximum atomic E-state index is 14.8. The summed E-state index contributed by atoms with van der Waals surface area (Å²) >= 11 is 0. The fraction of sp³-hybridized carbons (Fsp3) is 0.100. The summed E-state index contributed by atoms with van der Waals surface area (Å²) in [4.78, 5) is 8.34. The molecule has 8 heteroatoms. The SMILES string of the molecule is Fc1cc2ncccc2c(F)c1CCc1cnc2ccc(-c3cn[nH]c3)nn12. The number of nitrogens with one attached hydrogen (secondary N) is 1. The second kappa shape index (κ2) is 6.49. The third-order valence-corrected chi connectivity index (χ3v) is 4.75. The third kappa shape index (κ3) is 2.70. The lowest BCUT2D eigenvalue weighted by molar-refractivity contribution is 0.561. The van der Waals surface area contributed by atoms with Crippen LogP contribution in [0.2, 0.25) is 0 Å². The van der Waals surface area contributed by atoms with Gasteiger partial charge in [0, 0.05) is 35.0 Å². The highest BCUT2D eigenvalue weighted by molar-refractivity contribution is 5.80. The van der Waals surface area contributed by atoms with E-state index in [1.54, 1.807) is 35.2 Å². The van der Waals surface area contributed by atoms with Gasteiger partial charge < -0.3 is 0 Å². The molecule has 0 radical (unpaired) electrons. The Morgan fingerprint density at radius 3 is 2.82 bits per heavy atom. The molecule has 0 fully saturated rings. The van der Waals surface area contributed by atoms with Crippen LogP contribution in [0.15, 0.2) is 55.1 Å². The smallest absolute Gasteiger partial charge is 0.153 e. The lowest BCUT2D eigenvalue weighted by atomic mass is 10.0. The normalized spacial score (nSPS) is 11.5. The highest BCUT2D eigenvalue weighted by Gasteiger charge is 2.16. The van der Waals surface area contributed by atoms with E-state index in [0.29, 0.717) is 23.0 Å². The molecule has 0 saturated heterocycles. The molecule has 0 aliphatic carbocycles. The van der Waals surface area contributed by atoms with Crippen LogP contribution >= 0.6 is 0 Å². The van der Waals surface area contributed by atoms with Gasteiger partial charge in [-0.25, -0.2) is 18.3 Å². The van der Waals surface area contributed by atoms with Crippen LogP contribution in [0.25, 0.3) is 27.8 Å². The van der Waals surface area contributed by atoms with E-state index in [-0.39, 0.29) is 12.0 Å². The van der Waals surface area contributed by atoms with Gasteiger partial charge in [0.2, 0.25) is 0 Å². The van der Waals surface area contributed by atoms with Crippen molar-refractivity contribution in [2.75, 3.05) is 0 Å². The molecular formula is C20H14F2N6. The Balaban J connectivity index is 1.49. The summed E-state index contributed by atoms with van der Waals surface area (Å²) in [5.74, 6) is -1.16. The van der Waals surface area contributed by atoms with Gasteiger partial charge in [0.15, 0.2) is 5.65 Å². The van der Waals surface area contributed by atoms with Crippen molar-refractivity contribution in [2.24, 2.45) is 0 Å². The van der Waals surface area contributed by atoms with Crippen LogP contribution in [0.5, 0.6) is 0 Å². The topological polar surface area (TPSA) is 71.8 Å². The summed E-state index contributed by atoms with van der Waals surface area (Å²) in [6.07, 6.45) is 7.20. The maximum absolute atomic E-state index is 14.8. The number of pyridine rings is 1. The summed E-state index contributed by atoms with van der Waals surface area (Å²) in [5.41, 5.74) is 3.37. The molecule has 1 aromatic carbocycles. The number of H-pyrrole nitrogens is 1. The Bertz CT molecular complexity index is 1290. The van der Waals surface area contributed by atoms with E-state index in [4.69, 9.17) is 0 Å². The van der Waals surface area contributed by atoms with Crippen LogP contribution in [-0.2, 0) is 12.8 Å². The molecular weight excluding hydrogens is 362 g/mol. The lowest BCUT2D eigenvalue weighted by Gasteiger charge is -2.08. The maximum Gasteiger partial charge on any atom is 0.153 e. The predicted octanol–water partition coefficient (Wildman–Crippen LogP) is 3.73. The first-order chi connectivity index (χ1) is 13.7. The van der Waals surface area contributed by atoms with E-state index in [9.17, 15) is 8.78 Å². The van der Waals surface area contributed by atoms with Gasteiger partial charge >= 0.3 is 0 Å². The molecule has 4 heterocycles. The molecule has 1 N–H and O–H groups in total. The van der Waals surface area contributed by atoms with Crippen molar-refractivity contribution in [3.63, 3.8) is 0 Å². The van der Waals surface area contributed by atoms with Crippen molar-refractivity contribution in [2.45, 2.75) is 12.8 Å². The Hall–Kier alpha value is -3.68. The Labute approximate surface area is 157 Å². The van der Waals surface area contributed by atoms with Crippen LogP contribution in [0, 0.1) is 11.6 Å². The quantitative estimate of drug-likeness (QED) is 0.519. The number of nitrogens with zero attached hydrogens (tertiary/aromatic N) is 5. The largest absolute Gasteiger partial charge is 0.285 e. The lowest BCUT2D eigenvalue weighted by Crippen LogP contribution is -2.04. The third-order valence-electron chi connectivity index (χ3n) is 4.75. The molecule has 0 spiro atoms. The minimum Gasteiger partial charge on any atom is -0.285 e. The fourth-order valence-corrected chi connectivity index (χ4v) is 3.31. The average molecular weight is 376 g/mol. The van der Waals surface area contributed by atoms with Gasteiger partial charge in [0.05, 0.1) is 29.3 Å². The molecule has 0 bridgehead atoms. The van der Waals surface area contributed by atoms with E-state index < -0.39 is 11.6 Å². The van der Waals surface area contributed by atoms with Crippen molar-refractivity contribution in [1.82, 2.24) is 29.8 Å². The van der Waals surface area contributed by atoms with Gasteiger partial charge in [-0.3, -0.25) is 10.1 Å². The first kappa shape index (κ1) is 16.5. The highest BCUT2D eigenvalue weighted by Crippen LogP contribution is 2.24. The number of benzene rings is 1. The van der Waals surface area contributed by atoms with Crippen molar-refractivity contribution in [3.05, 3.63) is 78.0 Å². The molecule has 0 amide bonds. The predicted molar refractivity (Wildman–Crippen MR) is 99.6 cm³/mol. The van der Waals surface area contributed by atoms with Crippen molar-refractivity contribution in [1.29, 1.82) is 0 Å². The molecule has 0 saturated carbocycles. The molecule has 0 aliphatic heterocycles. The van der Waals surface area contributed by atoms with Crippen molar-refractivity contribution in [3.8, 4) is 11.3 Å². The van der Waals surface area contributed by atoms with Gasteiger partial charge in [0.25, 0.3) is 0 Å². The number of rotatable bonds is 4. The number of aryl methyl sites for hydroxylation is 1. The fourth-order valence-electron chi connectivity index (χ4n) is 3.31. The number of aromatic nitrogens is 6. The molecule has 5 aromatic rings. The van der Waals surface area contributed by atoms with Gasteiger partial charge in [-0.05, 0) is 37.1 Å². The summed E-state index contributed by atoms with van der Waals surface area (Å²) in [5, 5.41) is 11.6. The zero-order valence-electron chi connectivity index (χ0n) is 14.6. The van der Waals surface area contributed by atoms with Gasteiger partial charge in [-0.2, -0.15) is 10.2 Å². The standard InChI is InChI=1S/C20H14F2N6/c21-16-8-18-15(2-1-7-23-18)20(22)14(16)4-3-13-11-24-19-6-5-17(27-28(13)19)12-9-25-26-10-12/h1-2,5-11H,3-4H2,(H,25,26). The van der Waals surface area contributed by atoms with Gasteiger partial charge in [-0.1, -0.05) is 0 Å². The highest BCUT2D eigenvalue weighted by atomic mass is 19.1. The number of hydrogen-bond donors (Lipinski definition) is 1. The summed E-state index contributed by atoms with van der Waals surface area (Å²) in [6, 6.07) is 8.22. The molecule has 138 valence electrons. The Kier molecular flexibility index (Phi) is 3.82. The number of halogens is 2. The molecule has 5 rings (SSSR count). The molecule has 28 heavy (non-hydrogen) atoms.